The third kappa shape index (κ3) is 2.08. The summed E-state index contributed by atoms with van der Waals surface area (Å²) in [7, 11) is -3.74. The van der Waals surface area contributed by atoms with Gasteiger partial charge in [-0.3, -0.25) is 14.9 Å². The molecule has 1 aromatic rings. The lowest BCUT2D eigenvalue weighted by molar-refractivity contribution is -0.607. The molecule has 1 aliphatic carbocycles. The molecule has 1 aliphatic heterocycles. The van der Waals surface area contributed by atoms with Gasteiger partial charge in [0.05, 0.1) is 14.7 Å². The number of nitro groups is 1. The number of nitrogens with zero attached hydrogens (tertiary/aromatic N) is 1. The van der Waals surface area contributed by atoms with Crippen LogP contribution in [0.4, 0.5) is 0 Å². The van der Waals surface area contributed by atoms with Gasteiger partial charge in [0.25, 0.3) is 0 Å². The van der Waals surface area contributed by atoms with Crippen molar-refractivity contribution in [2.45, 2.75) is 16.7 Å². The van der Waals surface area contributed by atoms with Crippen LogP contribution in [0.15, 0.2) is 58.4 Å². The Kier molecular flexibility index (Phi) is 3.16. The predicted molar refractivity (Wildman–Crippen MR) is 71.4 cm³/mol. The Balaban J connectivity index is 2.02. The fourth-order valence-corrected chi connectivity index (χ4v) is 3.59. The van der Waals surface area contributed by atoms with E-state index in [4.69, 9.17) is 9.47 Å². The lowest BCUT2D eigenvalue weighted by Crippen LogP contribution is -2.46. The van der Waals surface area contributed by atoms with Crippen LogP contribution in [0, 0.1) is 10.1 Å². The molecule has 21 heavy (non-hydrogen) atoms. The molecule has 0 aromatic heterocycles. The first-order chi connectivity index (χ1) is 9.97. The average Bonchev–Trinajstić information content (AvgIpc) is 2.92. The van der Waals surface area contributed by atoms with Crippen LogP contribution in [-0.4, -0.2) is 32.0 Å². The maximum absolute atomic E-state index is 12.5. The minimum Gasteiger partial charge on any atom is -0.337 e. The Bertz CT molecular complexity index is 739. The summed E-state index contributed by atoms with van der Waals surface area (Å²) in [5, 5.41) is 11.2. The molecule has 0 amide bonds. The Morgan fingerprint density at radius 2 is 2.00 bits per heavy atom. The number of rotatable bonds is 3. The Morgan fingerprint density at radius 1 is 1.29 bits per heavy atom. The van der Waals surface area contributed by atoms with Gasteiger partial charge >= 0.3 is 5.72 Å². The first-order valence-electron chi connectivity index (χ1n) is 6.08. The zero-order chi connectivity index (χ0) is 15.1. The van der Waals surface area contributed by atoms with Crippen LogP contribution in [0.2, 0.25) is 0 Å². The fourth-order valence-electron chi connectivity index (χ4n) is 2.25. The summed E-state index contributed by atoms with van der Waals surface area (Å²) in [5.74, 6) is 0. The van der Waals surface area contributed by atoms with E-state index in [0.717, 1.165) is 6.08 Å². The van der Waals surface area contributed by atoms with Crippen LogP contribution >= 0.6 is 0 Å². The van der Waals surface area contributed by atoms with E-state index < -0.39 is 26.6 Å². The van der Waals surface area contributed by atoms with Crippen LogP contribution in [-0.2, 0) is 19.3 Å². The van der Waals surface area contributed by atoms with E-state index in [2.05, 4.69) is 0 Å². The molecule has 0 radical (unpaired) electrons. The molecule has 8 heteroatoms. The lowest BCUT2D eigenvalue weighted by atomic mass is 10.0. The largest absolute Gasteiger partial charge is 0.376 e. The molecule has 7 nitrogen and oxygen atoms in total. The second-order valence-corrected chi connectivity index (χ2v) is 6.53. The van der Waals surface area contributed by atoms with Crippen LogP contribution < -0.4 is 0 Å². The van der Waals surface area contributed by atoms with Crippen molar-refractivity contribution >= 4 is 9.84 Å². The van der Waals surface area contributed by atoms with Gasteiger partial charge in [-0.1, -0.05) is 18.2 Å². The highest BCUT2D eigenvalue weighted by atomic mass is 32.2. The zero-order valence-electron chi connectivity index (χ0n) is 10.7. The van der Waals surface area contributed by atoms with Crippen molar-refractivity contribution in [3.63, 3.8) is 0 Å². The molecule has 110 valence electrons. The molecule has 0 bridgehead atoms. The van der Waals surface area contributed by atoms with Gasteiger partial charge < -0.3 is 4.74 Å². The fraction of sp³-hybridized carbons (Fsp3) is 0.231. The topological polar surface area (TPSA) is 95.7 Å². The Labute approximate surface area is 120 Å². The first kappa shape index (κ1) is 13.9. The van der Waals surface area contributed by atoms with Crippen molar-refractivity contribution in [3.05, 3.63) is 63.6 Å². The van der Waals surface area contributed by atoms with E-state index in [9.17, 15) is 18.5 Å². The number of hydrogen-bond acceptors (Lipinski definition) is 6. The van der Waals surface area contributed by atoms with Crippen molar-refractivity contribution < 1.29 is 22.8 Å². The summed E-state index contributed by atoms with van der Waals surface area (Å²) in [6, 6.07) is 7.85. The molecule has 3 rings (SSSR count). The highest BCUT2D eigenvalue weighted by Crippen LogP contribution is 2.35. The second-order valence-electron chi connectivity index (χ2n) is 4.58. The normalized spacial score (nSPS) is 28.0. The SMILES string of the molecule is O=[N+]([O-])C12C=CC(S(=O)(=O)c3ccccc3)=CC1OCO2. The number of sulfone groups is 1. The highest BCUT2D eigenvalue weighted by Gasteiger charge is 2.56. The molecule has 0 N–H and O–H groups in total. The van der Waals surface area contributed by atoms with Gasteiger partial charge in [0.2, 0.25) is 9.84 Å². The standard InChI is InChI=1S/C13H11NO6S/c15-14(16)13-7-6-11(8-12(13)19-9-20-13)21(17,18)10-4-2-1-3-5-10/h1-8,12H,9H2. The molecule has 2 atom stereocenters. The summed E-state index contributed by atoms with van der Waals surface area (Å²) >= 11 is 0. The summed E-state index contributed by atoms with van der Waals surface area (Å²) in [5.41, 5.74) is -1.84. The minimum absolute atomic E-state index is 0.0401. The quantitative estimate of drug-likeness (QED) is 0.616. The van der Waals surface area contributed by atoms with Gasteiger partial charge in [-0.05, 0) is 24.3 Å². The van der Waals surface area contributed by atoms with Crippen LogP contribution in [0.1, 0.15) is 0 Å². The van der Waals surface area contributed by atoms with E-state index >= 15 is 0 Å². The molecule has 2 aliphatic rings. The van der Waals surface area contributed by atoms with E-state index in [1.807, 2.05) is 0 Å². The smallest absolute Gasteiger partial charge is 0.337 e. The number of ether oxygens (including phenoxy) is 2. The number of fused-ring (bicyclic) bond motifs is 1. The summed E-state index contributed by atoms with van der Waals surface area (Å²) in [6.45, 7) is -0.259. The van der Waals surface area contributed by atoms with Gasteiger partial charge in [-0.25, -0.2) is 8.42 Å². The van der Waals surface area contributed by atoms with Gasteiger partial charge in [0.15, 0.2) is 12.9 Å². The molecule has 1 heterocycles. The monoisotopic (exact) mass is 309 g/mol. The number of allylic oxidation sites excluding steroid dienone is 1. The maximum atomic E-state index is 12.5. The molecule has 1 saturated heterocycles. The Hall–Kier alpha value is -2.03. The van der Waals surface area contributed by atoms with Gasteiger partial charge in [-0.2, -0.15) is 0 Å². The van der Waals surface area contributed by atoms with Crippen molar-refractivity contribution in [1.29, 1.82) is 0 Å². The minimum atomic E-state index is -3.74. The third-order valence-electron chi connectivity index (χ3n) is 3.40. The van der Waals surface area contributed by atoms with Gasteiger partial charge in [0.1, 0.15) is 0 Å². The van der Waals surface area contributed by atoms with Crippen molar-refractivity contribution in [2.24, 2.45) is 0 Å². The molecule has 0 saturated carbocycles. The van der Waals surface area contributed by atoms with E-state index in [1.165, 1.54) is 24.3 Å². The van der Waals surface area contributed by atoms with Crippen LogP contribution in [0.25, 0.3) is 0 Å². The summed E-state index contributed by atoms with van der Waals surface area (Å²) in [6.07, 6.45) is 2.47. The van der Waals surface area contributed by atoms with E-state index in [1.54, 1.807) is 18.2 Å². The third-order valence-corrected chi connectivity index (χ3v) is 5.18. The lowest BCUT2D eigenvalue weighted by Gasteiger charge is -2.22. The molecular weight excluding hydrogens is 298 g/mol. The van der Waals surface area contributed by atoms with Crippen LogP contribution in [0.5, 0.6) is 0 Å². The number of hydrogen-bond donors (Lipinski definition) is 0. The van der Waals surface area contributed by atoms with E-state index in [-0.39, 0.29) is 16.6 Å². The van der Waals surface area contributed by atoms with Gasteiger partial charge in [-0.15, -0.1) is 0 Å². The average molecular weight is 309 g/mol. The molecular formula is C13H11NO6S. The highest BCUT2D eigenvalue weighted by molar-refractivity contribution is 7.95. The molecule has 1 aromatic carbocycles. The zero-order valence-corrected chi connectivity index (χ0v) is 11.5. The summed E-state index contributed by atoms with van der Waals surface area (Å²) < 4.78 is 35.1. The first-order valence-corrected chi connectivity index (χ1v) is 7.56. The van der Waals surface area contributed by atoms with E-state index in [0.29, 0.717) is 0 Å². The van der Waals surface area contributed by atoms with Gasteiger partial charge in [0, 0.05) is 6.08 Å². The predicted octanol–water partition coefficient (Wildman–Crippen LogP) is 1.26. The molecule has 1 fully saturated rings. The number of benzene rings is 1. The van der Waals surface area contributed by atoms with Crippen molar-refractivity contribution in [1.82, 2.24) is 0 Å². The van der Waals surface area contributed by atoms with Crippen LogP contribution in [0.3, 0.4) is 0 Å². The second kappa shape index (κ2) is 4.76. The Morgan fingerprint density at radius 3 is 2.67 bits per heavy atom. The van der Waals surface area contributed by atoms with Crippen molar-refractivity contribution in [2.75, 3.05) is 6.79 Å². The summed E-state index contributed by atoms with van der Waals surface area (Å²) in [4.78, 5) is 10.6. The molecule has 2 unspecified atom stereocenters. The molecule has 0 spiro atoms. The van der Waals surface area contributed by atoms with Crippen molar-refractivity contribution in [3.8, 4) is 0 Å². The maximum Gasteiger partial charge on any atom is 0.376 e.